The SMILES string of the molecule is CC1CN(C(=O)Cn2cncc(-c3ccccc3)c2=O)CC(C)O1. The first-order valence-corrected chi connectivity index (χ1v) is 8.07. The van der Waals surface area contributed by atoms with E-state index in [1.807, 2.05) is 44.2 Å². The van der Waals surface area contributed by atoms with Crippen molar-refractivity contribution in [2.75, 3.05) is 13.1 Å². The molecule has 0 radical (unpaired) electrons. The van der Waals surface area contributed by atoms with E-state index in [0.29, 0.717) is 18.7 Å². The van der Waals surface area contributed by atoms with E-state index in [1.165, 1.54) is 17.1 Å². The first-order chi connectivity index (χ1) is 11.5. The maximum Gasteiger partial charge on any atom is 0.261 e. The molecule has 0 N–H and O–H groups in total. The zero-order chi connectivity index (χ0) is 17.1. The van der Waals surface area contributed by atoms with Crippen LogP contribution >= 0.6 is 0 Å². The summed E-state index contributed by atoms with van der Waals surface area (Å²) >= 11 is 0. The van der Waals surface area contributed by atoms with Gasteiger partial charge in [0.2, 0.25) is 5.91 Å². The first kappa shape index (κ1) is 16.4. The Morgan fingerprint density at radius 1 is 1.21 bits per heavy atom. The molecule has 0 aliphatic carbocycles. The Hall–Kier alpha value is -2.47. The van der Waals surface area contributed by atoms with Crippen molar-refractivity contribution in [2.45, 2.75) is 32.6 Å². The number of benzene rings is 1. The highest BCUT2D eigenvalue weighted by Crippen LogP contribution is 2.14. The van der Waals surface area contributed by atoms with Gasteiger partial charge < -0.3 is 9.64 Å². The van der Waals surface area contributed by atoms with Gasteiger partial charge in [-0.25, -0.2) is 4.98 Å². The Morgan fingerprint density at radius 2 is 1.88 bits per heavy atom. The van der Waals surface area contributed by atoms with E-state index in [-0.39, 0.29) is 30.2 Å². The van der Waals surface area contributed by atoms with Crippen LogP contribution in [0.1, 0.15) is 13.8 Å². The molecule has 1 aliphatic heterocycles. The highest BCUT2D eigenvalue weighted by molar-refractivity contribution is 5.76. The fraction of sp³-hybridized carbons (Fsp3) is 0.389. The van der Waals surface area contributed by atoms with Crippen molar-refractivity contribution in [1.82, 2.24) is 14.5 Å². The molecule has 1 aliphatic rings. The van der Waals surface area contributed by atoms with Crippen molar-refractivity contribution >= 4 is 5.91 Å². The van der Waals surface area contributed by atoms with Crippen LogP contribution < -0.4 is 5.56 Å². The van der Waals surface area contributed by atoms with E-state index < -0.39 is 0 Å². The summed E-state index contributed by atoms with van der Waals surface area (Å²) in [5.41, 5.74) is 1.08. The molecular weight excluding hydrogens is 306 g/mol. The lowest BCUT2D eigenvalue weighted by Gasteiger charge is -2.35. The lowest BCUT2D eigenvalue weighted by atomic mass is 10.1. The van der Waals surface area contributed by atoms with Crippen molar-refractivity contribution in [2.24, 2.45) is 0 Å². The average Bonchev–Trinajstić information content (AvgIpc) is 2.56. The second-order valence-corrected chi connectivity index (χ2v) is 6.16. The van der Waals surface area contributed by atoms with Gasteiger partial charge in [-0.3, -0.25) is 14.2 Å². The third kappa shape index (κ3) is 3.54. The summed E-state index contributed by atoms with van der Waals surface area (Å²) in [6.45, 7) is 4.97. The van der Waals surface area contributed by atoms with Gasteiger partial charge in [-0.2, -0.15) is 0 Å². The van der Waals surface area contributed by atoms with Crippen molar-refractivity contribution in [3.05, 3.63) is 53.2 Å². The number of carbonyl (C=O) groups is 1. The number of morpholine rings is 1. The second-order valence-electron chi connectivity index (χ2n) is 6.16. The standard InChI is InChI=1S/C18H21N3O3/c1-13-9-20(10-14(2)24-13)17(22)11-21-12-19-8-16(18(21)23)15-6-4-3-5-7-15/h3-8,12-14H,9-11H2,1-2H3. The molecule has 2 heterocycles. The lowest BCUT2D eigenvalue weighted by Crippen LogP contribution is -2.49. The number of hydrogen-bond donors (Lipinski definition) is 0. The topological polar surface area (TPSA) is 64.4 Å². The van der Waals surface area contributed by atoms with Gasteiger partial charge in [0.25, 0.3) is 5.56 Å². The maximum absolute atomic E-state index is 12.6. The minimum absolute atomic E-state index is 0.00296. The molecular formula is C18H21N3O3. The van der Waals surface area contributed by atoms with Gasteiger partial charge in [0.05, 0.1) is 24.1 Å². The summed E-state index contributed by atoms with van der Waals surface area (Å²) in [6.07, 6.45) is 2.96. The molecule has 1 amide bonds. The molecule has 6 heteroatoms. The normalized spacial score (nSPS) is 20.8. The number of amides is 1. The molecule has 0 bridgehead atoms. The molecule has 3 rings (SSSR count). The molecule has 2 aromatic rings. The van der Waals surface area contributed by atoms with Gasteiger partial charge >= 0.3 is 0 Å². The average molecular weight is 327 g/mol. The van der Waals surface area contributed by atoms with Crippen LogP contribution in [0.25, 0.3) is 11.1 Å². The zero-order valence-electron chi connectivity index (χ0n) is 13.9. The molecule has 126 valence electrons. The number of aromatic nitrogens is 2. The van der Waals surface area contributed by atoms with Crippen LogP contribution in [0, 0.1) is 0 Å². The molecule has 0 spiro atoms. The van der Waals surface area contributed by atoms with Crippen LogP contribution in [0.2, 0.25) is 0 Å². The van der Waals surface area contributed by atoms with E-state index >= 15 is 0 Å². The van der Waals surface area contributed by atoms with Crippen molar-refractivity contribution < 1.29 is 9.53 Å². The number of nitrogens with zero attached hydrogens (tertiary/aromatic N) is 3. The summed E-state index contributed by atoms with van der Waals surface area (Å²) in [5.74, 6) is -0.0916. The van der Waals surface area contributed by atoms with Crippen molar-refractivity contribution in [1.29, 1.82) is 0 Å². The number of carbonyl (C=O) groups excluding carboxylic acids is 1. The first-order valence-electron chi connectivity index (χ1n) is 8.07. The summed E-state index contributed by atoms with van der Waals surface area (Å²) in [4.78, 5) is 31.1. The highest BCUT2D eigenvalue weighted by Gasteiger charge is 2.26. The molecule has 6 nitrogen and oxygen atoms in total. The Balaban J connectivity index is 1.81. The molecule has 1 aromatic heterocycles. The fourth-order valence-electron chi connectivity index (χ4n) is 3.01. The Labute approximate surface area is 140 Å². The molecule has 1 saturated heterocycles. The Bertz CT molecular complexity index is 763. The van der Waals surface area contributed by atoms with Gasteiger partial charge in [-0.15, -0.1) is 0 Å². The fourth-order valence-corrected chi connectivity index (χ4v) is 3.01. The van der Waals surface area contributed by atoms with E-state index in [1.54, 1.807) is 4.90 Å². The van der Waals surface area contributed by atoms with E-state index in [2.05, 4.69) is 4.98 Å². The highest BCUT2D eigenvalue weighted by atomic mass is 16.5. The van der Waals surface area contributed by atoms with Crippen LogP contribution in [0.15, 0.2) is 47.7 Å². The van der Waals surface area contributed by atoms with Crippen LogP contribution in [0.5, 0.6) is 0 Å². The Kier molecular flexibility index (Phi) is 4.76. The number of rotatable bonds is 3. The number of hydrogen-bond acceptors (Lipinski definition) is 4. The summed E-state index contributed by atoms with van der Waals surface area (Å²) in [7, 11) is 0. The second kappa shape index (κ2) is 6.97. The molecule has 2 atom stereocenters. The Morgan fingerprint density at radius 3 is 2.54 bits per heavy atom. The van der Waals surface area contributed by atoms with Crippen LogP contribution in [0.3, 0.4) is 0 Å². The molecule has 2 unspecified atom stereocenters. The van der Waals surface area contributed by atoms with E-state index in [4.69, 9.17) is 4.74 Å². The predicted molar refractivity (Wildman–Crippen MR) is 90.5 cm³/mol. The molecule has 1 aromatic carbocycles. The smallest absolute Gasteiger partial charge is 0.261 e. The van der Waals surface area contributed by atoms with Crippen LogP contribution in [-0.2, 0) is 16.1 Å². The van der Waals surface area contributed by atoms with Crippen molar-refractivity contribution in [3.63, 3.8) is 0 Å². The lowest BCUT2D eigenvalue weighted by molar-refractivity contribution is -0.143. The summed E-state index contributed by atoms with van der Waals surface area (Å²) in [6, 6.07) is 9.34. The molecule has 24 heavy (non-hydrogen) atoms. The molecule has 0 saturated carbocycles. The van der Waals surface area contributed by atoms with E-state index in [0.717, 1.165) is 5.56 Å². The zero-order valence-corrected chi connectivity index (χ0v) is 13.9. The quantitative estimate of drug-likeness (QED) is 0.858. The van der Waals surface area contributed by atoms with Gasteiger partial charge in [-0.05, 0) is 19.4 Å². The summed E-state index contributed by atoms with van der Waals surface area (Å²) in [5, 5.41) is 0. The number of ether oxygens (including phenoxy) is 1. The van der Waals surface area contributed by atoms with Gasteiger partial charge in [0.1, 0.15) is 6.54 Å². The largest absolute Gasteiger partial charge is 0.372 e. The van der Waals surface area contributed by atoms with Crippen LogP contribution in [0.4, 0.5) is 0 Å². The minimum Gasteiger partial charge on any atom is -0.372 e. The third-order valence-electron chi connectivity index (χ3n) is 4.06. The predicted octanol–water partition coefficient (Wildman–Crippen LogP) is 1.55. The van der Waals surface area contributed by atoms with E-state index in [9.17, 15) is 9.59 Å². The third-order valence-corrected chi connectivity index (χ3v) is 4.06. The van der Waals surface area contributed by atoms with Gasteiger partial charge in [-0.1, -0.05) is 30.3 Å². The van der Waals surface area contributed by atoms with Gasteiger partial charge in [0.15, 0.2) is 0 Å². The summed E-state index contributed by atoms with van der Waals surface area (Å²) < 4.78 is 7.01. The van der Waals surface area contributed by atoms with Crippen LogP contribution in [-0.4, -0.2) is 45.7 Å². The monoisotopic (exact) mass is 327 g/mol. The minimum atomic E-state index is -0.209. The molecule has 1 fully saturated rings. The van der Waals surface area contributed by atoms with Crippen molar-refractivity contribution in [3.8, 4) is 11.1 Å². The van der Waals surface area contributed by atoms with Gasteiger partial charge in [0, 0.05) is 19.3 Å². The maximum atomic E-state index is 12.6.